The van der Waals surface area contributed by atoms with Gasteiger partial charge in [-0.05, 0) is 55.9 Å². The summed E-state index contributed by atoms with van der Waals surface area (Å²) in [4.78, 5) is 47.1. The number of benzene rings is 1. The minimum absolute atomic E-state index is 0.0335. The monoisotopic (exact) mass is 599 g/mol. The molecule has 1 aliphatic carbocycles. The number of nitrogens with zero attached hydrogens (tertiary/aromatic N) is 1. The van der Waals surface area contributed by atoms with Crippen molar-refractivity contribution >= 4 is 34.3 Å². The Morgan fingerprint density at radius 1 is 0.927 bits per heavy atom. The molecule has 0 spiro atoms. The Balaban J connectivity index is 1.64. The molecule has 230 valence electrons. The summed E-state index contributed by atoms with van der Waals surface area (Å²) >= 11 is 0. The van der Waals surface area contributed by atoms with Crippen LogP contribution in [0.5, 0.6) is 0 Å². The second-order valence-electron chi connectivity index (χ2n) is 10.8. The van der Waals surface area contributed by atoms with Crippen molar-refractivity contribution in [3.05, 3.63) is 35.9 Å². The van der Waals surface area contributed by atoms with Crippen molar-refractivity contribution in [2.45, 2.75) is 84.3 Å². The van der Waals surface area contributed by atoms with Gasteiger partial charge in [0.2, 0.25) is 5.91 Å². The summed E-state index contributed by atoms with van der Waals surface area (Å²) in [5, 5.41) is 0.560. The normalized spacial score (nSPS) is 17.4. The molecular weight excluding hydrogens is 558 g/mol. The molecule has 14 heteroatoms. The van der Waals surface area contributed by atoms with Crippen LogP contribution in [0.25, 0.3) is 0 Å². The average molecular weight is 600 g/mol. The molecule has 0 atom stereocenters. The van der Waals surface area contributed by atoms with Gasteiger partial charge in [0, 0.05) is 18.8 Å². The summed E-state index contributed by atoms with van der Waals surface area (Å²) in [6, 6.07) is 7.58. The molecular formula is C27H41N3O10S. The molecule has 13 nitrogen and oxygen atoms in total. The van der Waals surface area contributed by atoms with Crippen molar-refractivity contribution in [2.24, 2.45) is 22.8 Å². The van der Waals surface area contributed by atoms with Crippen LogP contribution in [0, 0.1) is 11.3 Å². The zero-order valence-electron chi connectivity index (χ0n) is 23.6. The molecule has 0 aliphatic heterocycles. The Hall–Kier alpha value is -3.23. The Labute approximate surface area is 241 Å². The smallest absolute Gasteiger partial charge is 0.421 e. The highest BCUT2D eigenvalue weighted by Crippen LogP contribution is 2.29. The van der Waals surface area contributed by atoms with Gasteiger partial charge in [0.25, 0.3) is 0 Å². The molecule has 2 rings (SSSR count). The first kappa shape index (κ1) is 34.0. The Bertz CT molecular complexity index is 1120. The SMILES string of the molecule is CC(C)(CCOC(=O)CCCCC(=O)OCc1ccccc1)COS(=O)(=O)ON(C(N)=O)[C@H]1CC[C@H](C(N)=O)CC1. The van der Waals surface area contributed by atoms with Crippen molar-refractivity contribution in [1.82, 2.24) is 5.06 Å². The minimum Gasteiger partial charge on any atom is -0.466 e. The number of primary amides is 2. The van der Waals surface area contributed by atoms with Gasteiger partial charge in [-0.25, -0.2) is 8.98 Å². The summed E-state index contributed by atoms with van der Waals surface area (Å²) in [6.45, 7) is 3.37. The van der Waals surface area contributed by atoms with Gasteiger partial charge in [-0.2, -0.15) is 13.5 Å². The number of hydrogen-bond donors (Lipinski definition) is 2. The van der Waals surface area contributed by atoms with Gasteiger partial charge in [0.05, 0.1) is 19.3 Å². The van der Waals surface area contributed by atoms with E-state index in [1.54, 1.807) is 13.8 Å². The first-order valence-electron chi connectivity index (χ1n) is 13.6. The van der Waals surface area contributed by atoms with E-state index in [0.29, 0.717) is 43.6 Å². The van der Waals surface area contributed by atoms with Crippen molar-refractivity contribution in [2.75, 3.05) is 13.2 Å². The summed E-state index contributed by atoms with van der Waals surface area (Å²) in [6.07, 6.45) is 2.90. The number of unbranched alkanes of at least 4 members (excludes halogenated alkanes) is 1. The molecule has 0 saturated heterocycles. The fraction of sp³-hybridized carbons (Fsp3) is 0.630. The molecule has 1 aromatic carbocycles. The van der Waals surface area contributed by atoms with Crippen LogP contribution in [-0.4, -0.2) is 56.6 Å². The van der Waals surface area contributed by atoms with E-state index >= 15 is 0 Å². The number of urea groups is 1. The summed E-state index contributed by atoms with van der Waals surface area (Å²) < 4.78 is 45.1. The zero-order valence-corrected chi connectivity index (χ0v) is 24.4. The lowest BCUT2D eigenvalue weighted by Crippen LogP contribution is -2.47. The largest absolute Gasteiger partial charge is 0.466 e. The lowest BCUT2D eigenvalue weighted by atomic mass is 9.85. The van der Waals surface area contributed by atoms with Crippen LogP contribution >= 0.6 is 0 Å². The average Bonchev–Trinajstić information content (AvgIpc) is 2.92. The molecule has 1 aliphatic rings. The summed E-state index contributed by atoms with van der Waals surface area (Å²) in [7, 11) is -4.63. The number of nitrogens with two attached hydrogens (primary N) is 2. The Morgan fingerprint density at radius 3 is 2.07 bits per heavy atom. The van der Waals surface area contributed by atoms with Crippen molar-refractivity contribution in [3.8, 4) is 0 Å². The molecule has 0 radical (unpaired) electrons. The van der Waals surface area contributed by atoms with Gasteiger partial charge < -0.3 is 20.9 Å². The van der Waals surface area contributed by atoms with E-state index in [9.17, 15) is 27.6 Å². The van der Waals surface area contributed by atoms with Gasteiger partial charge in [-0.15, -0.1) is 4.28 Å². The highest BCUT2D eigenvalue weighted by Gasteiger charge is 2.35. The molecule has 1 fully saturated rings. The minimum atomic E-state index is -4.63. The first-order chi connectivity index (χ1) is 19.3. The topological polar surface area (TPSA) is 195 Å². The number of hydrogen-bond acceptors (Lipinski definition) is 10. The van der Waals surface area contributed by atoms with Crippen molar-refractivity contribution in [1.29, 1.82) is 0 Å². The van der Waals surface area contributed by atoms with Crippen LogP contribution in [0.1, 0.15) is 77.2 Å². The zero-order chi connectivity index (χ0) is 30.5. The van der Waals surface area contributed by atoms with Crippen LogP contribution in [0.3, 0.4) is 0 Å². The van der Waals surface area contributed by atoms with Crippen LogP contribution in [0.2, 0.25) is 0 Å². The van der Waals surface area contributed by atoms with Gasteiger partial charge in [-0.1, -0.05) is 44.2 Å². The fourth-order valence-corrected chi connectivity index (χ4v) is 5.06. The van der Waals surface area contributed by atoms with Gasteiger partial charge in [-0.3, -0.25) is 14.4 Å². The number of carbonyl (C=O) groups excluding carboxylic acids is 4. The van der Waals surface area contributed by atoms with Crippen LogP contribution in [-0.2, 0) is 49.3 Å². The number of rotatable bonds is 17. The maximum Gasteiger partial charge on any atom is 0.421 e. The summed E-state index contributed by atoms with van der Waals surface area (Å²) in [5.74, 6) is -1.57. The number of esters is 2. The van der Waals surface area contributed by atoms with E-state index < -0.39 is 39.8 Å². The third-order valence-electron chi connectivity index (χ3n) is 6.71. The predicted octanol–water partition coefficient (Wildman–Crippen LogP) is 2.87. The number of hydroxylamine groups is 2. The van der Waals surface area contributed by atoms with Gasteiger partial charge in [0.1, 0.15) is 6.61 Å². The molecule has 0 unspecified atom stereocenters. The Kier molecular flexibility index (Phi) is 13.5. The third-order valence-corrected chi connectivity index (χ3v) is 7.46. The van der Waals surface area contributed by atoms with E-state index in [0.717, 1.165) is 5.56 Å². The van der Waals surface area contributed by atoms with E-state index in [4.69, 9.17) is 29.4 Å². The lowest BCUT2D eigenvalue weighted by Gasteiger charge is -2.33. The van der Waals surface area contributed by atoms with Crippen LogP contribution in [0.4, 0.5) is 4.79 Å². The maximum absolute atomic E-state index is 12.4. The highest BCUT2D eigenvalue weighted by atomic mass is 32.3. The van der Waals surface area contributed by atoms with E-state index in [1.165, 1.54) is 0 Å². The van der Waals surface area contributed by atoms with Gasteiger partial charge in [0.15, 0.2) is 0 Å². The second kappa shape index (κ2) is 16.3. The van der Waals surface area contributed by atoms with Crippen LogP contribution < -0.4 is 11.5 Å². The molecule has 0 aromatic heterocycles. The number of carbonyl (C=O) groups is 4. The second-order valence-corrected chi connectivity index (χ2v) is 12.0. The fourth-order valence-electron chi connectivity index (χ4n) is 4.16. The van der Waals surface area contributed by atoms with E-state index in [2.05, 4.69) is 0 Å². The highest BCUT2D eigenvalue weighted by molar-refractivity contribution is 7.81. The standard InChI is InChI=1S/C27H41N3O10S/c1-27(2,16-17-37-23(31)10-6-7-11-24(32)38-18-20-8-4-3-5-9-20)19-39-41(35,36)40-30(26(29)34)22-14-12-21(13-15-22)25(28)33/h3-5,8-9,21-22H,6-7,10-19H2,1-2H3,(H2,28,33)(H2,29,34)/t21-,22-. The lowest BCUT2D eigenvalue weighted by molar-refractivity contribution is -0.147. The number of ether oxygens (including phenoxy) is 2. The van der Waals surface area contributed by atoms with E-state index in [1.807, 2.05) is 30.3 Å². The first-order valence-corrected chi connectivity index (χ1v) is 14.9. The van der Waals surface area contributed by atoms with Gasteiger partial charge >= 0.3 is 28.4 Å². The predicted molar refractivity (Wildman–Crippen MR) is 146 cm³/mol. The van der Waals surface area contributed by atoms with Crippen molar-refractivity contribution in [3.63, 3.8) is 0 Å². The van der Waals surface area contributed by atoms with Crippen LogP contribution in [0.15, 0.2) is 30.3 Å². The van der Waals surface area contributed by atoms with Crippen molar-refractivity contribution < 1.29 is 45.5 Å². The molecule has 4 N–H and O–H groups in total. The number of amides is 3. The quantitative estimate of drug-likeness (QED) is 0.153. The molecule has 3 amide bonds. The molecule has 0 heterocycles. The molecule has 0 bridgehead atoms. The molecule has 1 saturated carbocycles. The van der Waals surface area contributed by atoms with E-state index in [-0.39, 0.29) is 51.0 Å². The maximum atomic E-state index is 12.4. The summed E-state index contributed by atoms with van der Waals surface area (Å²) in [5.41, 5.74) is 10.8. The molecule has 1 aromatic rings. The third kappa shape index (κ3) is 13.3. The Morgan fingerprint density at radius 2 is 1.51 bits per heavy atom. The molecule has 41 heavy (non-hydrogen) atoms.